The fraction of sp³-hybridized carbons (Fsp3) is 0.571. The van der Waals surface area contributed by atoms with Crippen molar-refractivity contribution in [1.29, 1.82) is 0 Å². The van der Waals surface area contributed by atoms with Crippen LogP contribution in [0.15, 0.2) is 27.6 Å². The molecule has 0 radical (unpaired) electrons. The monoisotopic (exact) mass is 362 g/mol. The van der Waals surface area contributed by atoms with Crippen molar-refractivity contribution in [1.82, 2.24) is 9.21 Å². The summed E-state index contributed by atoms with van der Waals surface area (Å²) in [4.78, 5) is 2.40. The summed E-state index contributed by atoms with van der Waals surface area (Å²) in [6.45, 7) is 5.71. The highest BCUT2D eigenvalue weighted by atomic mass is 79.9. The van der Waals surface area contributed by atoms with Gasteiger partial charge in [-0.15, -0.1) is 0 Å². The number of hydrogen-bond donors (Lipinski definition) is 0. The minimum atomic E-state index is -3.43. The van der Waals surface area contributed by atoms with E-state index in [1.54, 1.807) is 6.07 Å². The fourth-order valence-corrected chi connectivity index (χ4v) is 4.61. The second-order valence-corrected chi connectivity index (χ2v) is 7.85. The van der Waals surface area contributed by atoms with Gasteiger partial charge in [-0.1, -0.05) is 13.0 Å². The van der Waals surface area contributed by atoms with Crippen LogP contribution < -0.4 is 0 Å². The molecule has 0 amide bonds. The average Bonchev–Trinajstić information content (AvgIpc) is 2.33. The highest BCUT2D eigenvalue weighted by Crippen LogP contribution is 2.26. The molecule has 0 N–H and O–H groups in total. The van der Waals surface area contributed by atoms with Crippen molar-refractivity contribution in [2.45, 2.75) is 25.2 Å². The number of halogens is 1. The number of sulfonamides is 1. The molecule has 1 aromatic rings. The van der Waals surface area contributed by atoms with E-state index < -0.39 is 10.0 Å². The number of hydrogen-bond acceptors (Lipinski definition) is 3. The molecule has 1 aromatic carbocycles. The van der Waals surface area contributed by atoms with Crippen LogP contribution in [0.3, 0.4) is 0 Å². The molecule has 0 aliphatic heterocycles. The van der Waals surface area contributed by atoms with Gasteiger partial charge in [0.25, 0.3) is 0 Å². The van der Waals surface area contributed by atoms with Gasteiger partial charge in [-0.3, -0.25) is 0 Å². The molecular formula is C14H23BrN2O2S. The van der Waals surface area contributed by atoms with Crippen molar-refractivity contribution >= 4 is 26.0 Å². The zero-order valence-electron chi connectivity index (χ0n) is 12.6. The van der Waals surface area contributed by atoms with Gasteiger partial charge in [-0.25, -0.2) is 8.42 Å². The van der Waals surface area contributed by atoms with Gasteiger partial charge in [-0.2, -0.15) is 4.31 Å². The number of nitrogens with zero attached hydrogens (tertiary/aromatic N) is 2. The summed E-state index contributed by atoms with van der Waals surface area (Å²) in [5, 5.41) is 0. The first-order valence-corrected chi connectivity index (χ1v) is 8.93. The standard InChI is InChI=1S/C14H23BrN2O2S/c1-5-17(10-6-9-16(3)4)20(18,19)14-8-7-12(2)11-13(14)15/h7-8,11H,5-6,9-10H2,1-4H3. The Labute approximate surface area is 130 Å². The van der Waals surface area contributed by atoms with Crippen LogP contribution in [0.1, 0.15) is 18.9 Å². The Morgan fingerprint density at radius 2 is 1.85 bits per heavy atom. The van der Waals surface area contributed by atoms with Gasteiger partial charge in [0, 0.05) is 17.6 Å². The summed E-state index contributed by atoms with van der Waals surface area (Å²) in [5.41, 5.74) is 1.03. The lowest BCUT2D eigenvalue weighted by Crippen LogP contribution is -2.33. The highest BCUT2D eigenvalue weighted by molar-refractivity contribution is 9.10. The van der Waals surface area contributed by atoms with Crippen LogP contribution in [0.5, 0.6) is 0 Å². The molecule has 20 heavy (non-hydrogen) atoms. The first-order chi connectivity index (χ1) is 9.28. The molecule has 0 unspecified atom stereocenters. The molecule has 0 saturated heterocycles. The molecule has 0 aliphatic rings. The van der Waals surface area contributed by atoms with Gasteiger partial charge in [-0.05, 0) is 67.6 Å². The van der Waals surface area contributed by atoms with Crippen LogP contribution in [0.25, 0.3) is 0 Å². The van der Waals surface area contributed by atoms with E-state index in [1.165, 1.54) is 4.31 Å². The largest absolute Gasteiger partial charge is 0.309 e. The maximum Gasteiger partial charge on any atom is 0.244 e. The van der Waals surface area contributed by atoms with E-state index in [1.807, 2.05) is 40.1 Å². The van der Waals surface area contributed by atoms with Crippen LogP contribution in [-0.4, -0.2) is 51.4 Å². The summed E-state index contributed by atoms with van der Waals surface area (Å²) in [6, 6.07) is 5.33. The zero-order valence-corrected chi connectivity index (χ0v) is 15.0. The second-order valence-electron chi connectivity index (χ2n) is 5.09. The Hall–Kier alpha value is -0.430. The van der Waals surface area contributed by atoms with Crippen LogP contribution in [-0.2, 0) is 10.0 Å². The number of aryl methyl sites for hydroxylation is 1. The first kappa shape index (κ1) is 17.6. The van der Waals surface area contributed by atoms with Crippen molar-refractivity contribution in [2.24, 2.45) is 0 Å². The Bertz CT molecular complexity index is 544. The van der Waals surface area contributed by atoms with Crippen molar-refractivity contribution < 1.29 is 8.42 Å². The van der Waals surface area contributed by atoms with E-state index in [4.69, 9.17) is 0 Å². The fourth-order valence-electron chi connectivity index (χ4n) is 1.97. The Morgan fingerprint density at radius 1 is 1.20 bits per heavy atom. The molecular weight excluding hydrogens is 340 g/mol. The lowest BCUT2D eigenvalue weighted by Gasteiger charge is -2.22. The van der Waals surface area contributed by atoms with Crippen LogP contribution >= 0.6 is 15.9 Å². The van der Waals surface area contributed by atoms with Crippen molar-refractivity contribution in [3.05, 3.63) is 28.2 Å². The van der Waals surface area contributed by atoms with Gasteiger partial charge >= 0.3 is 0 Å². The molecule has 0 aromatic heterocycles. The van der Waals surface area contributed by atoms with E-state index >= 15 is 0 Å². The Kier molecular flexibility index (Phi) is 6.64. The molecule has 1 rings (SSSR count). The van der Waals surface area contributed by atoms with Crippen molar-refractivity contribution in [2.75, 3.05) is 33.7 Å². The summed E-state index contributed by atoms with van der Waals surface area (Å²) in [7, 11) is 0.546. The molecule has 4 nitrogen and oxygen atoms in total. The van der Waals surface area contributed by atoms with E-state index in [0.717, 1.165) is 18.5 Å². The van der Waals surface area contributed by atoms with Gasteiger partial charge in [0.2, 0.25) is 10.0 Å². The minimum Gasteiger partial charge on any atom is -0.309 e. The number of benzene rings is 1. The van der Waals surface area contributed by atoms with E-state index in [2.05, 4.69) is 20.8 Å². The van der Waals surface area contributed by atoms with E-state index in [0.29, 0.717) is 22.5 Å². The van der Waals surface area contributed by atoms with Gasteiger partial charge in [0.15, 0.2) is 0 Å². The SMILES string of the molecule is CCN(CCCN(C)C)S(=O)(=O)c1ccc(C)cc1Br. The van der Waals surface area contributed by atoms with Crippen LogP contribution in [0.4, 0.5) is 0 Å². The first-order valence-electron chi connectivity index (χ1n) is 6.70. The maximum atomic E-state index is 12.7. The summed E-state index contributed by atoms with van der Waals surface area (Å²) >= 11 is 3.36. The quantitative estimate of drug-likeness (QED) is 0.748. The lowest BCUT2D eigenvalue weighted by atomic mass is 10.2. The second kappa shape index (κ2) is 7.54. The Morgan fingerprint density at radius 3 is 2.35 bits per heavy atom. The maximum absolute atomic E-state index is 12.7. The predicted molar refractivity (Wildman–Crippen MR) is 86.5 cm³/mol. The predicted octanol–water partition coefficient (Wildman–Crippen LogP) is 2.72. The molecule has 6 heteroatoms. The molecule has 0 fully saturated rings. The third-order valence-electron chi connectivity index (χ3n) is 3.07. The topological polar surface area (TPSA) is 40.6 Å². The zero-order chi connectivity index (χ0) is 15.3. The molecule has 0 atom stereocenters. The van der Waals surface area contributed by atoms with Gasteiger partial charge < -0.3 is 4.90 Å². The summed E-state index contributed by atoms with van der Waals surface area (Å²) in [6.07, 6.45) is 0.823. The molecule has 0 spiro atoms. The smallest absolute Gasteiger partial charge is 0.244 e. The Balaban J connectivity index is 2.94. The molecule has 114 valence electrons. The minimum absolute atomic E-state index is 0.342. The highest BCUT2D eigenvalue weighted by Gasteiger charge is 2.24. The third kappa shape index (κ3) is 4.55. The summed E-state index contributed by atoms with van der Waals surface area (Å²) in [5.74, 6) is 0. The average molecular weight is 363 g/mol. The normalized spacial score (nSPS) is 12.3. The van der Waals surface area contributed by atoms with Crippen molar-refractivity contribution in [3.63, 3.8) is 0 Å². The lowest BCUT2D eigenvalue weighted by molar-refractivity contribution is 0.356. The molecule has 0 heterocycles. The molecule has 0 aliphatic carbocycles. The summed E-state index contributed by atoms with van der Waals surface area (Å²) < 4.78 is 27.5. The molecule has 0 bridgehead atoms. The van der Waals surface area contributed by atoms with Crippen molar-refractivity contribution in [3.8, 4) is 0 Å². The number of rotatable bonds is 7. The van der Waals surface area contributed by atoms with Gasteiger partial charge in [0.05, 0.1) is 4.90 Å². The van der Waals surface area contributed by atoms with E-state index in [9.17, 15) is 8.42 Å². The van der Waals surface area contributed by atoms with Gasteiger partial charge in [0.1, 0.15) is 0 Å². The van der Waals surface area contributed by atoms with Crippen LogP contribution in [0, 0.1) is 6.92 Å². The van der Waals surface area contributed by atoms with E-state index in [-0.39, 0.29) is 0 Å². The molecule has 0 saturated carbocycles. The van der Waals surface area contributed by atoms with Crippen LogP contribution in [0.2, 0.25) is 0 Å². The third-order valence-corrected chi connectivity index (χ3v) is 6.02.